The van der Waals surface area contributed by atoms with E-state index in [2.05, 4.69) is 55.3 Å². The Hall–Kier alpha value is -1.06. The summed E-state index contributed by atoms with van der Waals surface area (Å²) in [5.74, 6) is 0. The van der Waals surface area contributed by atoms with Crippen LogP contribution in [-0.4, -0.2) is 32.3 Å². The van der Waals surface area contributed by atoms with Crippen LogP contribution in [0.25, 0.3) is 0 Å². The first-order chi connectivity index (χ1) is 10.3. The fourth-order valence-corrected chi connectivity index (χ4v) is 3.11. The third kappa shape index (κ3) is 4.45. The van der Waals surface area contributed by atoms with Crippen LogP contribution in [0.1, 0.15) is 51.6 Å². The first-order valence-electron chi connectivity index (χ1n) is 8.45. The first-order valence-corrected chi connectivity index (χ1v) is 8.45. The van der Waals surface area contributed by atoms with Gasteiger partial charge in [0, 0.05) is 31.4 Å². The fourth-order valence-electron chi connectivity index (χ4n) is 3.11. The van der Waals surface area contributed by atoms with Gasteiger partial charge < -0.3 is 15.0 Å². The number of ether oxygens (including phenoxy) is 1. The molecule has 3 heteroatoms. The standard InChI is InChI=1S/C18H30N2O/c1-4-12-19-15(3)17-8-6-7-9-18(17)20-13-10-16(11-14-20)21-5-2/h6-9,15-16,19H,4-5,10-14H2,1-3H3. The molecule has 1 aliphatic rings. The molecule has 1 heterocycles. The maximum absolute atomic E-state index is 5.76. The highest BCUT2D eigenvalue weighted by molar-refractivity contribution is 5.55. The molecule has 1 unspecified atom stereocenters. The Morgan fingerprint density at radius 2 is 1.95 bits per heavy atom. The van der Waals surface area contributed by atoms with Crippen molar-refractivity contribution in [3.8, 4) is 0 Å². The molecule has 0 aliphatic carbocycles. The van der Waals surface area contributed by atoms with Crippen molar-refractivity contribution in [1.29, 1.82) is 0 Å². The molecular formula is C18H30N2O. The molecule has 0 amide bonds. The van der Waals surface area contributed by atoms with Crippen LogP contribution in [0.15, 0.2) is 24.3 Å². The van der Waals surface area contributed by atoms with Crippen LogP contribution in [0.4, 0.5) is 5.69 Å². The van der Waals surface area contributed by atoms with Gasteiger partial charge in [-0.3, -0.25) is 0 Å². The van der Waals surface area contributed by atoms with Gasteiger partial charge in [-0.2, -0.15) is 0 Å². The van der Waals surface area contributed by atoms with E-state index in [0.29, 0.717) is 12.1 Å². The van der Waals surface area contributed by atoms with E-state index in [4.69, 9.17) is 4.74 Å². The first kappa shape index (κ1) is 16.3. The number of nitrogens with one attached hydrogen (secondary N) is 1. The molecule has 21 heavy (non-hydrogen) atoms. The smallest absolute Gasteiger partial charge is 0.0608 e. The van der Waals surface area contributed by atoms with E-state index in [1.54, 1.807) is 0 Å². The summed E-state index contributed by atoms with van der Waals surface area (Å²) in [6.07, 6.45) is 3.90. The average Bonchev–Trinajstić information content (AvgIpc) is 2.54. The van der Waals surface area contributed by atoms with Crippen LogP contribution in [0, 0.1) is 0 Å². The Morgan fingerprint density at radius 3 is 2.62 bits per heavy atom. The minimum absolute atomic E-state index is 0.408. The number of benzene rings is 1. The predicted octanol–water partition coefficient (Wildman–Crippen LogP) is 3.75. The summed E-state index contributed by atoms with van der Waals surface area (Å²) in [5, 5.41) is 3.61. The van der Waals surface area contributed by atoms with E-state index < -0.39 is 0 Å². The molecule has 1 N–H and O–H groups in total. The number of nitrogens with zero attached hydrogens (tertiary/aromatic N) is 1. The second-order valence-electron chi connectivity index (χ2n) is 5.88. The molecule has 2 rings (SSSR count). The van der Waals surface area contributed by atoms with Gasteiger partial charge in [0.15, 0.2) is 0 Å². The Labute approximate surface area is 129 Å². The number of anilines is 1. The Balaban J connectivity index is 2.03. The SMILES string of the molecule is CCCNC(C)c1ccccc1N1CCC(OCC)CC1. The summed E-state index contributed by atoms with van der Waals surface area (Å²) in [5.41, 5.74) is 2.81. The quantitative estimate of drug-likeness (QED) is 0.827. The van der Waals surface area contributed by atoms with Gasteiger partial charge in [-0.1, -0.05) is 25.1 Å². The van der Waals surface area contributed by atoms with Crippen LogP contribution in [0.3, 0.4) is 0 Å². The van der Waals surface area contributed by atoms with Gasteiger partial charge in [0.25, 0.3) is 0 Å². The van der Waals surface area contributed by atoms with E-state index in [9.17, 15) is 0 Å². The van der Waals surface area contributed by atoms with Crippen molar-refractivity contribution in [2.45, 2.75) is 52.2 Å². The zero-order chi connectivity index (χ0) is 15.1. The lowest BCUT2D eigenvalue weighted by Crippen LogP contribution is -2.38. The monoisotopic (exact) mass is 290 g/mol. The van der Waals surface area contributed by atoms with Crippen molar-refractivity contribution in [2.75, 3.05) is 31.1 Å². The number of piperidine rings is 1. The lowest BCUT2D eigenvalue weighted by molar-refractivity contribution is 0.0459. The summed E-state index contributed by atoms with van der Waals surface area (Å²) < 4.78 is 5.76. The Morgan fingerprint density at radius 1 is 1.24 bits per heavy atom. The molecule has 0 radical (unpaired) electrons. The van der Waals surface area contributed by atoms with Gasteiger partial charge in [-0.25, -0.2) is 0 Å². The topological polar surface area (TPSA) is 24.5 Å². The molecule has 0 spiro atoms. The van der Waals surface area contributed by atoms with Gasteiger partial charge in [-0.05, 0) is 51.3 Å². The molecule has 1 aliphatic heterocycles. The van der Waals surface area contributed by atoms with Gasteiger partial charge >= 0.3 is 0 Å². The molecule has 1 fully saturated rings. The molecule has 3 nitrogen and oxygen atoms in total. The number of hydrogen-bond acceptors (Lipinski definition) is 3. The Bertz CT molecular complexity index is 413. The molecule has 1 aromatic carbocycles. The van der Waals surface area contributed by atoms with Crippen molar-refractivity contribution >= 4 is 5.69 Å². The highest BCUT2D eigenvalue weighted by atomic mass is 16.5. The summed E-state index contributed by atoms with van der Waals surface area (Å²) >= 11 is 0. The fraction of sp³-hybridized carbons (Fsp3) is 0.667. The van der Waals surface area contributed by atoms with Gasteiger partial charge in [-0.15, -0.1) is 0 Å². The van der Waals surface area contributed by atoms with E-state index in [-0.39, 0.29) is 0 Å². The van der Waals surface area contributed by atoms with E-state index >= 15 is 0 Å². The van der Waals surface area contributed by atoms with Crippen molar-refractivity contribution < 1.29 is 4.74 Å². The molecule has 0 aromatic heterocycles. The molecule has 0 bridgehead atoms. The lowest BCUT2D eigenvalue weighted by atomic mass is 10.0. The minimum Gasteiger partial charge on any atom is -0.378 e. The van der Waals surface area contributed by atoms with Crippen molar-refractivity contribution in [2.24, 2.45) is 0 Å². The van der Waals surface area contributed by atoms with Crippen LogP contribution < -0.4 is 10.2 Å². The Kier molecular flexibility index (Phi) is 6.52. The molecule has 1 atom stereocenters. The normalized spacial score (nSPS) is 18.0. The van der Waals surface area contributed by atoms with Crippen molar-refractivity contribution in [3.63, 3.8) is 0 Å². The van der Waals surface area contributed by atoms with Crippen LogP contribution in [-0.2, 0) is 4.74 Å². The maximum atomic E-state index is 5.76. The van der Waals surface area contributed by atoms with Gasteiger partial charge in [0.2, 0.25) is 0 Å². The highest BCUT2D eigenvalue weighted by Gasteiger charge is 2.22. The molecule has 118 valence electrons. The van der Waals surface area contributed by atoms with E-state index in [1.807, 2.05) is 0 Å². The second kappa shape index (κ2) is 8.40. The number of hydrogen-bond donors (Lipinski definition) is 1. The van der Waals surface area contributed by atoms with Crippen molar-refractivity contribution in [3.05, 3.63) is 29.8 Å². The molecule has 0 saturated carbocycles. The second-order valence-corrected chi connectivity index (χ2v) is 5.88. The summed E-state index contributed by atoms with van der Waals surface area (Å²) in [6, 6.07) is 9.24. The molecular weight excluding hydrogens is 260 g/mol. The third-order valence-electron chi connectivity index (χ3n) is 4.29. The van der Waals surface area contributed by atoms with E-state index in [1.165, 1.54) is 17.7 Å². The van der Waals surface area contributed by atoms with Gasteiger partial charge in [0.05, 0.1) is 6.10 Å². The number of para-hydroxylation sites is 1. The van der Waals surface area contributed by atoms with E-state index in [0.717, 1.165) is 39.1 Å². The highest BCUT2D eigenvalue weighted by Crippen LogP contribution is 2.29. The van der Waals surface area contributed by atoms with Crippen LogP contribution in [0.5, 0.6) is 0 Å². The summed E-state index contributed by atoms with van der Waals surface area (Å²) in [4.78, 5) is 2.52. The largest absolute Gasteiger partial charge is 0.378 e. The summed E-state index contributed by atoms with van der Waals surface area (Å²) in [6.45, 7) is 10.7. The zero-order valence-corrected chi connectivity index (χ0v) is 13.8. The van der Waals surface area contributed by atoms with Gasteiger partial charge in [0.1, 0.15) is 0 Å². The minimum atomic E-state index is 0.408. The van der Waals surface area contributed by atoms with Crippen LogP contribution >= 0.6 is 0 Å². The lowest BCUT2D eigenvalue weighted by Gasteiger charge is -2.35. The molecule has 1 saturated heterocycles. The predicted molar refractivity (Wildman–Crippen MR) is 90.0 cm³/mol. The zero-order valence-electron chi connectivity index (χ0n) is 13.8. The molecule has 1 aromatic rings. The maximum Gasteiger partial charge on any atom is 0.0608 e. The number of rotatable bonds is 7. The third-order valence-corrected chi connectivity index (χ3v) is 4.29. The van der Waals surface area contributed by atoms with Crippen LogP contribution in [0.2, 0.25) is 0 Å². The summed E-state index contributed by atoms with van der Waals surface area (Å²) in [7, 11) is 0. The average molecular weight is 290 g/mol. The van der Waals surface area contributed by atoms with Crippen molar-refractivity contribution in [1.82, 2.24) is 5.32 Å².